The van der Waals surface area contributed by atoms with E-state index in [4.69, 9.17) is 9.97 Å². The monoisotopic (exact) mass is 521 g/mol. The van der Waals surface area contributed by atoms with Crippen molar-refractivity contribution < 1.29 is 0 Å². The second kappa shape index (κ2) is 10.3. The average molecular weight is 522 g/mol. The molecule has 0 aromatic carbocycles. The minimum absolute atomic E-state index is 0.537. The number of nitriles is 1. The van der Waals surface area contributed by atoms with Crippen LogP contribution in [0, 0.1) is 11.3 Å². The predicted molar refractivity (Wildman–Crippen MR) is 149 cm³/mol. The molecule has 0 radical (unpaired) electrons. The highest BCUT2D eigenvalue weighted by Gasteiger charge is 2.20. The minimum atomic E-state index is 0.537. The highest BCUT2D eigenvalue weighted by atomic mass is 32.2. The van der Waals surface area contributed by atoms with Crippen LogP contribution in [0.25, 0.3) is 27.8 Å². The van der Waals surface area contributed by atoms with Gasteiger partial charge in [-0.2, -0.15) is 15.5 Å². The number of anilines is 1. The Balaban J connectivity index is 1.22. The van der Waals surface area contributed by atoms with Crippen LogP contribution in [-0.2, 0) is 13.6 Å². The van der Waals surface area contributed by atoms with Gasteiger partial charge in [-0.25, -0.2) is 14.5 Å². The molecular weight excluding hydrogens is 494 g/mol. The molecule has 0 N–H and O–H groups in total. The fourth-order valence-corrected chi connectivity index (χ4v) is 5.33. The lowest BCUT2D eigenvalue weighted by molar-refractivity contribution is 0.246. The first-order chi connectivity index (χ1) is 18.6. The van der Waals surface area contributed by atoms with E-state index in [1.807, 2.05) is 31.8 Å². The molecule has 1 saturated heterocycles. The normalized spacial score (nSPS) is 14.2. The van der Waals surface area contributed by atoms with Crippen molar-refractivity contribution in [1.29, 1.82) is 5.26 Å². The Labute approximate surface area is 225 Å². The second-order valence-corrected chi connectivity index (χ2v) is 10.2. The summed E-state index contributed by atoms with van der Waals surface area (Å²) in [6.07, 6.45) is 11.3. The molecular formula is C28H27N9S. The summed E-state index contributed by atoms with van der Waals surface area (Å²) in [6, 6.07) is 14.8. The van der Waals surface area contributed by atoms with Crippen molar-refractivity contribution in [3.05, 3.63) is 78.6 Å². The second-order valence-electron chi connectivity index (χ2n) is 9.35. The number of piperazine rings is 1. The van der Waals surface area contributed by atoms with E-state index in [1.165, 1.54) is 0 Å². The van der Waals surface area contributed by atoms with E-state index in [0.717, 1.165) is 77.0 Å². The molecule has 5 aromatic rings. The van der Waals surface area contributed by atoms with Crippen molar-refractivity contribution in [2.45, 2.75) is 11.6 Å². The molecule has 1 aliphatic heterocycles. The molecule has 0 spiro atoms. The maximum absolute atomic E-state index is 9.69. The largest absolute Gasteiger partial charge is 0.354 e. The van der Waals surface area contributed by atoms with E-state index in [2.05, 4.69) is 68.7 Å². The van der Waals surface area contributed by atoms with Crippen LogP contribution in [0.2, 0.25) is 0 Å². The van der Waals surface area contributed by atoms with Gasteiger partial charge in [0.1, 0.15) is 11.9 Å². The van der Waals surface area contributed by atoms with Gasteiger partial charge in [0.25, 0.3) is 0 Å². The molecule has 10 heteroatoms. The smallest absolute Gasteiger partial charge is 0.128 e. The number of nitrogens with zero attached hydrogens (tertiary/aromatic N) is 9. The molecule has 1 aliphatic rings. The van der Waals surface area contributed by atoms with Crippen molar-refractivity contribution in [2.75, 3.05) is 37.3 Å². The molecule has 9 nitrogen and oxygen atoms in total. The zero-order chi connectivity index (χ0) is 26.1. The van der Waals surface area contributed by atoms with Gasteiger partial charge in [0.2, 0.25) is 0 Å². The topological polar surface area (TPSA) is 91.2 Å². The number of thioether (sulfide) groups is 1. The lowest BCUT2D eigenvalue weighted by atomic mass is 10.0. The SMILES string of the molecule is CSc1cccc(CN2CCN(c3ccc(-c4cc(-c5cnn(C)c5)cn5ncc(C#N)c45)cn3)CC2)n1. The summed E-state index contributed by atoms with van der Waals surface area (Å²) in [4.78, 5) is 14.3. The molecule has 0 saturated carbocycles. The van der Waals surface area contributed by atoms with Crippen molar-refractivity contribution in [3.8, 4) is 28.3 Å². The number of aryl methyl sites for hydroxylation is 1. The molecule has 190 valence electrons. The Morgan fingerprint density at radius 2 is 1.82 bits per heavy atom. The fourth-order valence-electron chi connectivity index (χ4n) is 4.91. The van der Waals surface area contributed by atoms with Gasteiger partial charge in [-0.05, 0) is 36.6 Å². The van der Waals surface area contributed by atoms with Crippen molar-refractivity contribution in [2.24, 2.45) is 7.05 Å². The summed E-state index contributed by atoms with van der Waals surface area (Å²) in [5.41, 5.74) is 6.26. The van der Waals surface area contributed by atoms with E-state index < -0.39 is 0 Å². The highest BCUT2D eigenvalue weighted by Crippen LogP contribution is 2.32. The van der Waals surface area contributed by atoms with Crippen LogP contribution in [0.3, 0.4) is 0 Å². The van der Waals surface area contributed by atoms with Gasteiger partial charge >= 0.3 is 0 Å². The Kier molecular flexibility index (Phi) is 6.54. The molecule has 0 unspecified atom stereocenters. The number of hydrogen-bond acceptors (Lipinski definition) is 8. The van der Waals surface area contributed by atoms with Gasteiger partial charge in [0.15, 0.2) is 0 Å². The molecule has 0 amide bonds. The maximum atomic E-state index is 9.69. The van der Waals surface area contributed by atoms with Crippen LogP contribution in [0.4, 0.5) is 5.82 Å². The van der Waals surface area contributed by atoms with Gasteiger partial charge in [-0.3, -0.25) is 9.58 Å². The number of fused-ring (bicyclic) bond motifs is 1. The number of hydrogen-bond donors (Lipinski definition) is 0. The summed E-state index contributed by atoms with van der Waals surface area (Å²) in [5, 5.41) is 19.5. The maximum Gasteiger partial charge on any atom is 0.128 e. The zero-order valence-corrected chi connectivity index (χ0v) is 22.1. The zero-order valence-electron chi connectivity index (χ0n) is 21.3. The quantitative estimate of drug-likeness (QED) is 0.309. The Hall–Kier alpha value is -4.20. The van der Waals surface area contributed by atoms with Crippen molar-refractivity contribution in [1.82, 2.24) is 34.3 Å². The Morgan fingerprint density at radius 1 is 0.947 bits per heavy atom. The summed E-state index contributed by atoms with van der Waals surface area (Å²) in [5.74, 6) is 0.962. The molecule has 6 heterocycles. The van der Waals surface area contributed by atoms with Crippen LogP contribution in [0.5, 0.6) is 0 Å². The van der Waals surface area contributed by atoms with E-state index in [0.29, 0.717) is 5.56 Å². The molecule has 6 rings (SSSR count). The molecule has 38 heavy (non-hydrogen) atoms. The lowest BCUT2D eigenvalue weighted by Gasteiger charge is -2.35. The van der Waals surface area contributed by atoms with E-state index in [1.54, 1.807) is 27.2 Å². The van der Waals surface area contributed by atoms with Gasteiger partial charge < -0.3 is 4.90 Å². The van der Waals surface area contributed by atoms with Crippen molar-refractivity contribution >= 4 is 23.1 Å². The third kappa shape index (κ3) is 4.74. The Bertz CT molecular complexity index is 1620. The summed E-state index contributed by atoms with van der Waals surface area (Å²) in [6.45, 7) is 4.62. The first kappa shape index (κ1) is 24.2. The van der Waals surface area contributed by atoms with Crippen LogP contribution in [-0.4, -0.2) is 66.7 Å². The van der Waals surface area contributed by atoms with E-state index in [-0.39, 0.29) is 0 Å². The third-order valence-corrected chi connectivity index (χ3v) is 7.55. The Morgan fingerprint density at radius 3 is 2.53 bits per heavy atom. The molecule has 0 aliphatic carbocycles. The van der Waals surface area contributed by atoms with Crippen molar-refractivity contribution in [3.63, 3.8) is 0 Å². The number of rotatable bonds is 6. The minimum Gasteiger partial charge on any atom is -0.354 e. The third-order valence-electron chi connectivity index (χ3n) is 6.90. The summed E-state index contributed by atoms with van der Waals surface area (Å²) >= 11 is 1.68. The molecule has 0 bridgehead atoms. The lowest BCUT2D eigenvalue weighted by Crippen LogP contribution is -2.46. The first-order valence-electron chi connectivity index (χ1n) is 12.5. The van der Waals surface area contributed by atoms with Crippen LogP contribution < -0.4 is 4.90 Å². The van der Waals surface area contributed by atoms with Gasteiger partial charge in [0.05, 0.1) is 34.2 Å². The van der Waals surface area contributed by atoms with Gasteiger partial charge in [-0.1, -0.05) is 6.07 Å². The average Bonchev–Trinajstić information content (AvgIpc) is 3.59. The number of pyridine rings is 3. The highest BCUT2D eigenvalue weighted by molar-refractivity contribution is 7.98. The summed E-state index contributed by atoms with van der Waals surface area (Å²) in [7, 11) is 1.90. The van der Waals surface area contributed by atoms with Crippen LogP contribution >= 0.6 is 11.8 Å². The molecule has 0 atom stereocenters. The van der Waals surface area contributed by atoms with Crippen LogP contribution in [0.1, 0.15) is 11.3 Å². The summed E-state index contributed by atoms with van der Waals surface area (Å²) < 4.78 is 3.55. The number of aromatic nitrogens is 6. The van der Waals surface area contributed by atoms with E-state index >= 15 is 0 Å². The van der Waals surface area contributed by atoms with Gasteiger partial charge in [-0.15, -0.1) is 11.8 Å². The van der Waals surface area contributed by atoms with E-state index in [9.17, 15) is 5.26 Å². The van der Waals surface area contributed by atoms with Gasteiger partial charge in [0, 0.05) is 80.6 Å². The standard InChI is InChI=1S/C28H27N9S/c1-34-17-23(16-31-34)21-12-25(28-22(13-29)15-32-37(28)18-21)20-6-7-26(30-14-20)36-10-8-35(9-11-36)19-24-4-3-5-27(33-24)38-2/h3-7,12,14-18H,8-11,19H2,1-2H3. The molecule has 1 fully saturated rings. The van der Waals surface area contributed by atoms with Crippen LogP contribution in [0.15, 0.2) is 72.4 Å². The fraction of sp³-hybridized carbons (Fsp3) is 0.250. The molecule has 5 aromatic heterocycles. The predicted octanol–water partition coefficient (Wildman–Crippen LogP) is 4.11. The first-order valence-corrected chi connectivity index (χ1v) is 13.7.